The van der Waals surface area contributed by atoms with Gasteiger partial charge in [-0.05, 0) is 34.9 Å². The zero-order chi connectivity index (χ0) is 12.1. The van der Waals surface area contributed by atoms with Crippen LogP contribution in [0.3, 0.4) is 0 Å². The topological polar surface area (TPSA) is 89.5 Å². The normalized spacial score (nSPS) is 11.2. The van der Waals surface area contributed by atoms with E-state index in [1.807, 2.05) is 0 Å². The predicted molar refractivity (Wildman–Crippen MR) is 54.2 cm³/mol. The second-order valence-electron chi connectivity index (χ2n) is 2.80. The number of carboxylic acid groups (broad SMARTS) is 1. The summed E-state index contributed by atoms with van der Waals surface area (Å²) in [5.41, 5.74) is 0.434. The zero-order valence-electron chi connectivity index (χ0n) is 10.3. The van der Waals surface area contributed by atoms with Crippen molar-refractivity contribution in [3.8, 4) is 5.75 Å². The van der Waals surface area contributed by atoms with Gasteiger partial charge in [-0.15, -0.1) is 0 Å². The first-order chi connectivity index (χ1) is 7.54. The molecule has 0 heterocycles. The van der Waals surface area contributed by atoms with Crippen LogP contribution < -0.4 is 69.0 Å². The van der Waals surface area contributed by atoms with E-state index >= 15 is 0 Å². The van der Waals surface area contributed by atoms with Crippen LogP contribution in [0.15, 0.2) is 29.2 Å². The Balaban J connectivity index is 0. The molecule has 0 aliphatic carbocycles. The third kappa shape index (κ3) is 6.49. The number of carboxylic acids is 1. The number of aliphatic carboxylic acids is 1. The maximum atomic E-state index is 10.8. The minimum Gasteiger partial charge on any atom is -0.768 e. The minimum absolute atomic E-state index is 0. The third-order valence-electron chi connectivity index (χ3n) is 1.78. The van der Waals surface area contributed by atoms with Gasteiger partial charge in [-0.1, -0.05) is 12.1 Å². The van der Waals surface area contributed by atoms with E-state index in [4.69, 9.17) is 4.74 Å². The van der Waals surface area contributed by atoms with E-state index in [2.05, 4.69) is 0 Å². The average molecular weight is 286 g/mol. The quantitative estimate of drug-likeness (QED) is 0.312. The molecule has 0 radical (unpaired) electrons. The molecular formula is C10H8Na2O5S. The van der Waals surface area contributed by atoms with Crippen LogP contribution in [-0.2, 0) is 15.9 Å². The summed E-state index contributed by atoms with van der Waals surface area (Å²) < 4.78 is 26.5. The summed E-state index contributed by atoms with van der Waals surface area (Å²) in [7, 11) is 1.35. The molecule has 8 heteroatoms. The Bertz CT molecular complexity index is 462. The Kier molecular flexibility index (Phi) is 11.7. The van der Waals surface area contributed by atoms with Gasteiger partial charge in [0.05, 0.1) is 18.0 Å². The molecule has 1 atom stereocenters. The van der Waals surface area contributed by atoms with Crippen LogP contribution in [0.1, 0.15) is 5.56 Å². The minimum atomic E-state index is -2.44. The summed E-state index contributed by atoms with van der Waals surface area (Å²) >= 11 is -2.44. The van der Waals surface area contributed by atoms with Gasteiger partial charge in [0, 0.05) is 0 Å². The van der Waals surface area contributed by atoms with Gasteiger partial charge in [-0.3, -0.25) is 4.21 Å². The van der Waals surface area contributed by atoms with Gasteiger partial charge >= 0.3 is 59.1 Å². The van der Waals surface area contributed by atoms with E-state index in [0.717, 1.165) is 6.08 Å². The van der Waals surface area contributed by atoms with Gasteiger partial charge in [0.2, 0.25) is 0 Å². The molecule has 0 aliphatic rings. The number of hydrogen-bond donors (Lipinski definition) is 0. The maximum Gasteiger partial charge on any atom is 1.00 e. The molecule has 0 saturated carbocycles. The van der Waals surface area contributed by atoms with Crippen LogP contribution in [-0.4, -0.2) is 21.8 Å². The van der Waals surface area contributed by atoms with Crippen molar-refractivity contribution in [2.24, 2.45) is 0 Å². The van der Waals surface area contributed by atoms with Crippen LogP contribution in [0.2, 0.25) is 0 Å². The summed E-state index contributed by atoms with van der Waals surface area (Å²) in [6.45, 7) is 0. The number of carbonyl (C=O) groups is 1. The monoisotopic (exact) mass is 286 g/mol. The van der Waals surface area contributed by atoms with Gasteiger partial charge in [0.25, 0.3) is 0 Å². The zero-order valence-corrected chi connectivity index (χ0v) is 15.2. The first kappa shape index (κ1) is 20.7. The molecule has 0 aromatic heterocycles. The molecule has 1 unspecified atom stereocenters. The Morgan fingerprint density at radius 2 is 2.00 bits per heavy atom. The van der Waals surface area contributed by atoms with Crippen LogP contribution in [0, 0.1) is 0 Å². The molecule has 1 rings (SSSR count). The first-order valence-corrected chi connectivity index (χ1v) is 5.28. The molecule has 0 N–H and O–H groups in total. The number of hydrogen-bond acceptors (Lipinski definition) is 5. The standard InChI is InChI=1S/C10H10O5S.2Na/c1-15-8-4-2-7(3-5-10(11)12)6-9(8)16(13)14;;/h2-6H,1H3,(H,11,12)(H,13,14);;/q;2*+1/p-2/b5-3+;;. The van der Waals surface area contributed by atoms with E-state index in [-0.39, 0.29) is 69.8 Å². The van der Waals surface area contributed by atoms with Crippen LogP contribution in [0.5, 0.6) is 5.75 Å². The SMILES string of the molecule is COc1ccc(/C=C/C(=O)[O-])cc1S(=O)[O-].[Na+].[Na+]. The summed E-state index contributed by atoms with van der Waals surface area (Å²) in [6, 6.07) is 4.29. The van der Waals surface area contributed by atoms with Crippen LogP contribution >= 0.6 is 0 Å². The van der Waals surface area contributed by atoms with E-state index in [1.165, 1.54) is 31.4 Å². The van der Waals surface area contributed by atoms with Crippen molar-refractivity contribution in [2.75, 3.05) is 7.11 Å². The van der Waals surface area contributed by atoms with Crippen molar-refractivity contribution in [3.05, 3.63) is 29.8 Å². The van der Waals surface area contributed by atoms with Crippen LogP contribution in [0.25, 0.3) is 6.08 Å². The third-order valence-corrected chi connectivity index (χ3v) is 2.46. The fourth-order valence-electron chi connectivity index (χ4n) is 1.09. The molecule has 18 heavy (non-hydrogen) atoms. The van der Waals surface area contributed by atoms with Crippen molar-refractivity contribution < 1.29 is 82.5 Å². The number of rotatable bonds is 4. The molecule has 0 fully saturated rings. The molecule has 1 aromatic carbocycles. The fraction of sp³-hybridized carbons (Fsp3) is 0.100. The van der Waals surface area contributed by atoms with Crippen molar-refractivity contribution in [3.63, 3.8) is 0 Å². The van der Waals surface area contributed by atoms with E-state index in [1.54, 1.807) is 0 Å². The van der Waals surface area contributed by atoms with Crippen molar-refractivity contribution in [1.82, 2.24) is 0 Å². The van der Waals surface area contributed by atoms with Gasteiger partial charge < -0.3 is 19.2 Å². The van der Waals surface area contributed by atoms with E-state index < -0.39 is 17.0 Å². The second-order valence-corrected chi connectivity index (χ2v) is 3.71. The Labute approximate surface area is 151 Å². The Morgan fingerprint density at radius 1 is 1.39 bits per heavy atom. The molecule has 1 aromatic rings. The van der Waals surface area contributed by atoms with E-state index in [9.17, 15) is 18.7 Å². The summed E-state index contributed by atoms with van der Waals surface area (Å²) in [6.07, 6.45) is 2.06. The largest absolute Gasteiger partial charge is 1.00 e. The number of carbonyl (C=O) groups excluding carboxylic acids is 1. The molecular weight excluding hydrogens is 278 g/mol. The molecule has 0 amide bonds. The smallest absolute Gasteiger partial charge is 0.768 e. The predicted octanol–water partition coefficient (Wildman–Crippen LogP) is -6.30. The summed E-state index contributed by atoms with van der Waals surface area (Å²) in [5.74, 6) is -1.14. The summed E-state index contributed by atoms with van der Waals surface area (Å²) in [5, 5.41) is 10.2. The van der Waals surface area contributed by atoms with Gasteiger partial charge in [0.15, 0.2) is 0 Å². The van der Waals surface area contributed by atoms with Crippen LogP contribution in [0.4, 0.5) is 0 Å². The van der Waals surface area contributed by atoms with Crippen molar-refractivity contribution in [1.29, 1.82) is 0 Å². The molecule has 0 spiro atoms. The van der Waals surface area contributed by atoms with Crippen molar-refractivity contribution >= 4 is 23.1 Å². The molecule has 0 bridgehead atoms. The molecule has 0 aliphatic heterocycles. The van der Waals surface area contributed by atoms with Crippen molar-refractivity contribution in [2.45, 2.75) is 4.90 Å². The molecule has 0 saturated heterocycles. The first-order valence-electron chi connectivity index (χ1n) is 4.21. The average Bonchev–Trinajstić information content (AvgIpc) is 2.25. The molecule has 5 nitrogen and oxygen atoms in total. The summed E-state index contributed by atoms with van der Waals surface area (Å²) in [4.78, 5) is 10.1. The maximum absolute atomic E-state index is 10.8. The second kappa shape index (κ2) is 10.2. The number of ether oxygens (including phenoxy) is 1. The van der Waals surface area contributed by atoms with Gasteiger partial charge in [0.1, 0.15) is 5.75 Å². The number of methoxy groups -OCH3 is 1. The Hall–Kier alpha value is 0.340. The van der Waals surface area contributed by atoms with Gasteiger partial charge in [-0.25, -0.2) is 0 Å². The van der Waals surface area contributed by atoms with E-state index in [0.29, 0.717) is 5.56 Å². The fourth-order valence-corrected chi connectivity index (χ4v) is 1.64. The number of benzene rings is 1. The van der Waals surface area contributed by atoms with Gasteiger partial charge in [-0.2, -0.15) is 0 Å². The Morgan fingerprint density at radius 3 is 2.44 bits per heavy atom. The molecule has 86 valence electrons.